The SMILES string of the molecule is CN(C)c1ccc([N+](=O)[O-])cc1C(=O)NCc1ccc(C[NH+](C)C)cc1. The molecule has 26 heavy (non-hydrogen) atoms. The number of carbonyl (C=O) groups is 1. The van der Waals surface area contributed by atoms with Crippen LogP contribution in [0, 0.1) is 10.1 Å². The third kappa shape index (κ3) is 5.03. The number of quaternary nitrogens is 1. The summed E-state index contributed by atoms with van der Waals surface area (Å²) in [5.41, 5.74) is 3.03. The lowest BCUT2D eigenvalue weighted by molar-refractivity contribution is -0.872. The van der Waals surface area contributed by atoms with E-state index in [4.69, 9.17) is 0 Å². The summed E-state index contributed by atoms with van der Waals surface area (Å²) in [6.07, 6.45) is 0. The first-order valence-electron chi connectivity index (χ1n) is 8.38. The minimum absolute atomic E-state index is 0.101. The van der Waals surface area contributed by atoms with Crippen molar-refractivity contribution in [2.75, 3.05) is 33.1 Å². The largest absolute Gasteiger partial charge is 0.377 e. The highest BCUT2D eigenvalue weighted by atomic mass is 16.6. The zero-order valence-electron chi connectivity index (χ0n) is 15.6. The van der Waals surface area contributed by atoms with Crippen LogP contribution in [0.2, 0.25) is 0 Å². The molecule has 0 radical (unpaired) electrons. The van der Waals surface area contributed by atoms with Crippen LogP contribution in [0.3, 0.4) is 0 Å². The Morgan fingerprint density at radius 1 is 1.12 bits per heavy atom. The number of nitrogens with zero attached hydrogens (tertiary/aromatic N) is 2. The van der Waals surface area contributed by atoms with E-state index in [1.807, 2.05) is 24.3 Å². The second-order valence-corrected chi connectivity index (χ2v) is 6.74. The van der Waals surface area contributed by atoms with Crippen LogP contribution in [0.25, 0.3) is 0 Å². The topological polar surface area (TPSA) is 79.9 Å². The fraction of sp³-hybridized carbons (Fsp3) is 0.316. The lowest BCUT2D eigenvalue weighted by Crippen LogP contribution is -3.04. The maximum atomic E-state index is 12.6. The molecule has 7 nitrogen and oxygen atoms in total. The van der Waals surface area contributed by atoms with Gasteiger partial charge >= 0.3 is 0 Å². The van der Waals surface area contributed by atoms with Gasteiger partial charge in [-0.05, 0) is 11.6 Å². The summed E-state index contributed by atoms with van der Waals surface area (Å²) in [7, 11) is 7.78. The number of non-ortho nitro benzene ring substituents is 1. The second kappa shape index (κ2) is 8.44. The van der Waals surface area contributed by atoms with Crippen LogP contribution in [-0.4, -0.2) is 39.0 Å². The van der Waals surface area contributed by atoms with E-state index in [0.717, 1.165) is 12.1 Å². The Balaban J connectivity index is 2.12. The molecule has 7 heteroatoms. The summed E-state index contributed by atoms with van der Waals surface area (Å²) in [5, 5.41) is 13.8. The third-order valence-corrected chi connectivity index (χ3v) is 3.95. The number of rotatable bonds is 7. The second-order valence-electron chi connectivity index (χ2n) is 6.74. The highest BCUT2D eigenvalue weighted by Gasteiger charge is 2.17. The minimum Gasteiger partial charge on any atom is -0.377 e. The van der Waals surface area contributed by atoms with Crippen LogP contribution in [-0.2, 0) is 13.1 Å². The summed E-state index contributed by atoms with van der Waals surface area (Å²) >= 11 is 0. The zero-order valence-corrected chi connectivity index (χ0v) is 15.6. The summed E-state index contributed by atoms with van der Waals surface area (Å²) in [6, 6.07) is 12.4. The van der Waals surface area contributed by atoms with Crippen molar-refractivity contribution >= 4 is 17.3 Å². The highest BCUT2D eigenvalue weighted by Crippen LogP contribution is 2.24. The Labute approximate surface area is 153 Å². The molecule has 2 aromatic carbocycles. The van der Waals surface area contributed by atoms with Gasteiger partial charge in [0.2, 0.25) is 0 Å². The Bertz CT molecular complexity index is 786. The summed E-state index contributed by atoms with van der Waals surface area (Å²) in [4.78, 5) is 26.2. The van der Waals surface area contributed by atoms with Gasteiger partial charge in [0, 0.05) is 44.0 Å². The molecule has 0 saturated carbocycles. The molecule has 0 atom stereocenters. The van der Waals surface area contributed by atoms with Gasteiger partial charge in [-0.1, -0.05) is 24.3 Å². The molecule has 0 aliphatic carbocycles. The van der Waals surface area contributed by atoms with Crippen molar-refractivity contribution in [3.05, 3.63) is 69.3 Å². The van der Waals surface area contributed by atoms with E-state index in [0.29, 0.717) is 12.2 Å². The quantitative estimate of drug-likeness (QED) is 0.577. The van der Waals surface area contributed by atoms with Crippen LogP contribution in [0.15, 0.2) is 42.5 Å². The molecule has 0 bridgehead atoms. The van der Waals surface area contributed by atoms with Crippen molar-refractivity contribution in [3.63, 3.8) is 0 Å². The number of hydrogen-bond donors (Lipinski definition) is 2. The third-order valence-electron chi connectivity index (χ3n) is 3.95. The molecular weight excluding hydrogens is 332 g/mol. The lowest BCUT2D eigenvalue weighted by Gasteiger charge is -2.17. The van der Waals surface area contributed by atoms with Crippen LogP contribution >= 0.6 is 0 Å². The standard InChI is InChI=1S/C19H24N4O3/c1-21(2)13-15-7-5-14(6-8-15)12-20-19(24)17-11-16(23(25)26)9-10-18(17)22(3)4/h5-11H,12-13H2,1-4H3,(H,20,24)/p+1. The van der Waals surface area contributed by atoms with Crippen LogP contribution in [0.1, 0.15) is 21.5 Å². The van der Waals surface area contributed by atoms with Gasteiger partial charge in [0.1, 0.15) is 6.54 Å². The first kappa shape index (κ1) is 19.4. The molecule has 0 spiro atoms. The average molecular weight is 357 g/mol. The number of nitro benzene ring substituents is 1. The molecule has 2 aromatic rings. The van der Waals surface area contributed by atoms with Gasteiger partial charge in [0.05, 0.1) is 24.6 Å². The molecule has 0 fully saturated rings. The number of nitro groups is 1. The molecule has 0 saturated heterocycles. The fourth-order valence-corrected chi connectivity index (χ4v) is 2.67. The zero-order chi connectivity index (χ0) is 19.3. The maximum absolute atomic E-state index is 12.6. The maximum Gasteiger partial charge on any atom is 0.270 e. The van der Waals surface area contributed by atoms with Gasteiger partial charge in [-0.25, -0.2) is 0 Å². The number of hydrogen-bond acceptors (Lipinski definition) is 4. The first-order chi connectivity index (χ1) is 12.3. The summed E-state index contributed by atoms with van der Waals surface area (Å²) in [6.45, 7) is 1.30. The van der Waals surface area contributed by atoms with Crippen LogP contribution in [0.4, 0.5) is 11.4 Å². The predicted molar refractivity (Wildman–Crippen MR) is 102 cm³/mol. The van der Waals surface area contributed by atoms with Crippen molar-refractivity contribution in [1.29, 1.82) is 0 Å². The smallest absolute Gasteiger partial charge is 0.270 e. The normalized spacial score (nSPS) is 10.7. The van der Waals surface area contributed by atoms with E-state index < -0.39 is 4.92 Å². The molecule has 2 N–H and O–H groups in total. The number of amides is 1. The summed E-state index contributed by atoms with van der Waals surface area (Å²) < 4.78 is 0. The lowest BCUT2D eigenvalue weighted by atomic mass is 10.1. The number of nitrogens with one attached hydrogen (secondary N) is 2. The fourth-order valence-electron chi connectivity index (χ4n) is 2.67. The van der Waals surface area contributed by atoms with Crippen molar-refractivity contribution in [2.45, 2.75) is 13.1 Å². The van der Waals surface area contributed by atoms with Crippen molar-refractivity contribution < 1.29 is 14.6 Å². The van der Waals surface area contributed by atoms with E-state index in [1.165, 1.54) is 22.6 Å². The molecule has 0 aliphatic rings. The molecule has 0 aliphatic heterocycles. The molecule has 1 amide bonds. The average Bonchev–Trinajstić information content (AvgIpc) is 2.59. The number of anilines is 1. The molecule has 0 aromatic heterocycles. The Hall–Kier alpha value is -2.93. The van der Waals surface area contributed by atoms with E-state index >= 15 is 0 Å². The van der Waals surface area contributed by atoms with Crippen LogP contribution in [0.5, 0.6) is 0 Å². The van der Waals surface area contributed by atoms with E-state index in [1.54, 1.807) is 25.1 Å². The van der Waals surface area contributed by atoms with E-state index in [9.17, 15) is 14.9 Å². The summed E-state index contributed by atoms with van der Waals surface area (Å²) in [5.74, 6) is -0.334. The minimum atomic E-state index is -0.498. The predicted octanol–water partition coefficient (Wildman–Crippen LogP) is 1.24. The van der Waals surface area contributed by atoms with Gasteiger partial charge in [-0.2, -0.15) is 0 Å². The van der Waals surface area contributed by atoms with Crippen LogP contribution < -0.4 is 15.1 Å². The van der Waals surface area contributed by atoms with Gasteiger partial charge in [-0.15, -0.1) is 0 Å². The molecule has 0 heterocycles. The van der Waals surface area contributed by atoms with Gasteiger partial charge in [0.25, 0.3) is 11.6 Å². The molecule has 0 unspecified atom stereocenters. The molecular formula is C19H25N4O3+. The Morgan fingerprint density at radius 2 is 1.73 bits per heavy atom. The van der Waals surface area contributed by atoms with Crippen molar-refractivity contribution in [2.24, 2.45) is 0 Å². The van der Waals surface area contributed by atoms with Crippen molar-refractivity contribution in [1.82, 2.24) is 5.32 Å². The van der Waals surface area contributed by atoms with Gasteiger partial charge < -0.3 is 15.1 Å². The highest BCUT2D eigenvalue weighted by molar-refractivity contribution is 6.00. The van der Waals surface area contributed by atoms with Gasteiger partial charge in [-0.3, -0.25) is 14.9 Å². The van der Waals surface area contributed by atoms with E-state index in [2.05, 4.69) is 19.4 Å². The monoisotopic (exact) mass is 357 g/mol. The van der Waals surface area contributed by atoms with Gasteiger partial charge in [0.15, 0.2) is 0 Å². The Kier molecular flexibility index (Phi) is 6.30. The molecule has 2 rings (SSSR count). The number of carbonyl (C=O) groups excluding carboxylic acids is 1. The van der Waals surface area contributed by atoms with E-state index in [-0.39, 0.29) is 17.2 Å². The first-order valence-corrected chi connectivity index (χ1v) is 8.38. The Morgan fingerprint density at radius 3 is 2.27 bits per heavy atom. The number of benzene rings is 2. The molecule has 138 valence electrons. The van der Waals surface area contributed by atoms with Crippen molar-refractivity contribution in [3.8, 4) is 0 Å².